The van der Waals surface area contributed by atoms with E-state index in [2.05, 4.69) is 20.3 Å². The number of sulfonamides is 1. The summed E-state index contributed by atoms with van der Waals surface area (Å²) in [5, 5.41) is 0. The van der Waals surface area contributed by atoms with Crippen LogP contribution < -0.4 is 4.74 Å². The second-order valence-electron chi connectivity index (χ2n) is 6.39. The molecule has 6 heteroatoms. The molecule has 0 fully saturated rings. The highest BCUT2D eigenvalue weighted by molar-refractivity contribution is 9.10. The van der Waals surface area contributed by atoms with Gasteiger partial charge in [-0.25, -0.2) is 0 Å². The molecule has 0 spiro atoms. The summed E-state index contributed by atoms with van der Waals surface area (Å²) in [5.74, 6) is 0.989. The van der Waals surface area contributed by atoms with E-state index < -0.39 is 10.0 Å². The minimum atomic E-state index is -3.88. The van der Waals surface area contributed by atoms with Gasteiger partial charge >= 0.3 is 0 Å². The summed E-state index contributed by atoms with van der Waals surface area (Å²) in [7, 11) is -3.88. The molecular weight excluding hydrogens is 438 g/mol. The topological polar surface area (TPSA) is 55.7 Å². The van der Waals surface area contributed by atoms with Gasteiger partial charge in [0.2, 0.25) is 0 Å². The Labute approximate surface area is 172 Å². The van der Waals surface area contributed by atoms with Crippen LogP contribution in [0.15, 0.2) is 92.3 Å². The fourth-order valence-electron chi connectivity index (χ4n) is 2.84. The van der Waals surface area contributed by atoms with E-state index in [-0.39, 0.29) is 4.90 Å². The first-order valence-electron chi connectivity index (χ1n) is 8.59. The molecule has 1 aliphatic rings. The zero-order valence-corrected chi connectivity index (χ0v) is 17.4. The van der Waals surface area contributed by atoms with Crippen LogP contribution in [-0.2, 0) is 10.0 Å². The smallest absolute Gasteiger partial charge is 0.282 e. The first kappa shape index (κ1) is 18.7. The normalized spacial score (nSPS) is 16.2. The Kier molecular flexibility index (Phi) is 4.91. The largest absolute Gasteiger partial charge is 0.454 e. The first-order chi connectivity index (χ1) is 13.4. The van der Waals surface area contributed by atoms with Gasteiger partial charge in [0.15, 0.2) is 5.76 Å². The molecule has 0 bridgehead atoms. The number of aryl methyl sites for hydroxylation is 1. The summed E-state index contributed by atoms with van der Waals surface area (Å²) in [5.41, 5.74) is 2.82. The van der Waals surface area contributed by atoms with Crippen LogP contribution in [0.5, 0.6) is 5.75 Å². The number of hydrogen-bond acceptors (Lipinski definition) is 3. The predicted molar refractivity (Wildman–Crippen MR) is 114 cm³/mol. The Hall–Kier alpha value is -2.70. The standard InChI is InChI=1S/C22H16BrNO3S/c1-15-6-12-18(13-7-15)28(25,26)24-22-19-4-2-3-5-20(19)27-21(22)14-16-8-10-17(23)11-9-16/h2-14H,1H3/b21-14-,24-22+. The Bertz CT molecular complexity index is 1200. The van der Waals surface area contributed by atoms with Crippen molar-refractivity contribution in [1.29, 1.82) is 0 Å². The summed E-state index contributed by atoms with van der Waals surface area (Å²) in [4.78, 5) is 0.151. The fourth-order valence-corrected chi connectivity index (χ4v) is 4.11. The molecule has 140 valence electrons. The molecule has 0 saturated carbocycles. The van der Waals surface area contributed by atoms with Crippen molar-refractivity contribution in [2.75, 3.05) is 0 Å². The van der Waals surface area contributed by atoms with Crippen molar-refractivity contribution in [2.24, 2.45) is 4.40 Å². The van der Waals surface area contributed by atoms with E-state index in [0.29, 0.717) is 22.8 Å². The second-order valence-corrected chi connectivity index (χ2v) is 8.91. The molecule has 3 aromatic rings. The summed E-state index contributed by atoms with van der Waals surface area (Å²) in [6, 6.07) is 21.6. The van der Waals surface area contributed by atoms with Gasteiger partial charge in [0, 0.05) is 10.0 Å². The summed E-state index contributed by atoms with van der Waals surface area (Å²) in [6.07, 6.45) is 1.79. The van der Waals surface area contributed by atoms with Crippen LogP contribution in [0.4, 0.5) is 0 Å². The molecule has 0 amide bonds. The van der Waals surface area contributed by atoms with Crippen molar-refractivity contribution in [3.8, 4) is 5.75 Å². The highest BCUT2D eigenvalue weighted by atomic mass is 79.9. The van der Waals surface area contributed by atoms with Crippen molar-refractivity contribution in [3.63, 3.8) is 0 Å². The van der Waals surface area contributed by atoms with Crippen molar-refractivity contribution in [1.82, 2.24) is 0 Å². The Morgan fingerprint density at radius 3 is 2.32 bits per heavy atom. The van der Waals surface area contributed by atoms with Crippen LogP contribution in [0.3, 0.4) is 0 Å². The molecule has 0 aliphatic carbocycles. The number of ether oxygens (including phenoxy) is 1. The van der Waals surface area contributed by atoms with E-state index in [0.717, 1.165) is 15.6 Å². The number of fused-ring (bicyclic) bond motifs is 1. The molecule has 1 aliphatic heterocycles. The zero-order chi connectivity index (χ0) is 19.7. The third kappa shape index (κ3) is 3.79. The van der Waals surface area contributed by atoms with Crippen molar-refractivity contribution in [2.45, 2.75) is 11.8 Å². The fraction of sp³-hybridized carbons (Fsp3) is 0.0455. The molecule has 0 saturated heterocycles. The number of para-hydroxylation sites is 1. The van der Waals surface area contributed by atoms with Crippen LogP contribution >= 0.6 is 15.9 Å². The lowest BCUT2D eigenvalue weighted by Gasteiger charge is -2.03. The summed E-state index contributed by atoms with van der Waals surface area (Å²) in [6.45, 7) is 1.91. The summed E-state index contributed by atoms with van der Waals surface area (Å²) < 4.78 is 36.7. The number of nitrogens with zero attached hydrogens (tertiary/aromatic N) is 1. The van der Waals surface area contributed by atoms with Crippen molar-refractivity contribution >= 4 is 37.7 Å². The van der Waals surface area contributed by atoms with Gasteiger partial charge in [-0.15, -0.1) is 0 Å². The molecule has 4 nitrogen and oxygen atoms in total. The van der Waals surface area contributed by atoms with E-state index in [4.69, 9.17) is 4.74 Å². The lowest BCUT2D eigenvalue weighted by Crippen LogP contribution is -2.07. The van der Waals surface area contributed by atoms with Crippen molar-refractivity contribution in [3.05, 3.63) is 99.7 Å². The Morgan fingerprint density at radius 1 is 0.929 bits per heavy atom. The van der Waals surface area contributed by atoms with Crippen LogP contribution in [-0.4, -0.2) is 14.1 Å². The van der Waals surface area contributed by atoms with Crippen LogP contribution in [0, 0.1) is 6.92 Å². The van der Waals surface area contributed by atoms with E-state index in [1.54, 1.807) is 42.5 Å². The SMILES string of the molecule is Cc1ccc(S(=O)(=O)/N=C2/C(=C/c3ccc(Br)cc3)Oc3ccccc32)cc1. The molecule has 3 aromatic carbocycles. The number of halogens is 1. The molecule has 4 rings (SSSR count). The van der Waals surface area contributed by atoms with Gasteiger partial charge in [-0.2, -0.15) is 12.8 Å². The average molecular weight is 454 g/mol. The van der Waals surface area contributed by atoms with Gasteiger partial charge in [0.05, 0.1) is 4.90 Å². The monoisotopic (exact) mass is 453 g/mol. The Morgan fingerprint density at radius 2 is 1.61 bits per heavy atom. The van der Waals surface area contributed by atoms with Crippen molar-refractivity contribution < 1.29 is 13.2 Å². The lowest BCUT2D eigenvalue weighted by atomic mass is 10.1. The number of allylic oxidation sites excluding steroid dienone is 1. The van der Waals surface area contributed by atoms with Gasteiger partial charge in [-0.3, -0.25) is 0 Å². The van der Waals surface area contributed by atoms with Crippen LogP contribution in [0.1, 0.15) is 16.7 Å². The van der Waals surface area contributed by atoms with E-state index >= 15 is 0 Å². The van der Waals surface area contributed by atoms with Crippen LogP contribution in [0.2, 0.25) is 0 Å². The summed E-state index contributed by atoms with van der Waals surface area (Å²) >= 11 is 3.41. The molecule has 0 atom stereocenters. The number of benzene rings is 3. The van der Waals surface area contributed by atoms with E-state index in [1.807, 2.05) is 43.3 Å². The quantitative estimate of drug-likeness (QED) is 0.535. The maximum absolute atomic E-state index is 12.9. The van der Waals surface area contributed by atoms with E-state index in [9.17, 15) is 8.42 Å². The molecule has 28 heavy (non-hydrogen) atoms. The van der Waals surface area contributed by atoms with Gasteiger partial charge in [-0.05, 0) is 55.0 Å². The lowest BCUT2D eigenvalue weighted by molar-refractivity contribution is 0.473. The number of rotatable bonds is 3. The molecule has 0 radical (unpaired) electrons. The maximum atomic E-state index is 12.9. The van der Waals surface area contributed by atoms with Gasteiger partial charge in [-0.1, -0.05) is 57.9 Å². The molecule has 0 N–H and O–H groups in total. The number of hydrogen-bond donors (Lipinski definition) is 0. The van der Waals surface area contributed by atoms with Crippen LogP contribution in [0.25, 0.3) is 6.08 Å². The first-order valence-corrected chi connectivity index (χ1v) is 10.8. The van der Waals surface area contributed by atoms with E-state index in [1.165, 1.54) is 0 Å². The maximum Gasteiger partial charge on any atom is 0.282 e. The third-order valence-electron chi connectivity index (χ3n) is 4.29. The molecule has 0 aromatic heterocycles. The minimum absolute atomic E-state index is 0.151. The van der Waals surface area contributed by atoms with Gasteiger partial charge in [0.1, 0.15) is 11.5 Å². The van der Waals surface area contributed by atoms with Gasteiger partial charge in [0.25, 0.3) is 10.0 Å². The highest BCUT2D eigenvalue weighted by Crippen LogP contribution is 2.33. The molecule has 0 unspecified atom stereocenters. The second kappa shape index (κ2) is 7.37. The third-order valence-corrected chi connectivity index (χ3v) is 6.11. The average Bonchev–Trinajstić information content (AvgIpc) is 3.01. The van der Waals surface area contributed by atoms with Gasteiger partial charge < -0.3 is 4.74 Å². The molecule has 1 heterocycles. The Balaban J connectivity index is 1.83. The molecular formula is C22H16BrNO3S. The predicted octanol–water partition coefficient (Wildman–Crippen LogP) is 5.37. The zero-order valence-electron chi connectivity index (χ0n) is 15.0. The highest BCUT2D eigenvalue weighted by Gasteiger charge is 2.28. The minimum Gasteiger partial charge on any atom is -0.454 e.